The summed E-state index contributed by atoms with van der Waals surface area (Å²) in [5.41, 5.74) is 1.94. The van der Waals surface area contributed by atoms with Crippen LogP contribution in [0.3, 0.4) is 0 Å². The third-order valence-electron chi connectivity index (χ3n) is 4.46. The van der Waals surface area contributed by atoms with E-state index in [0.717, 1.165) is 16.9 Å². The predicted octanol–water partition coefficient (Wildman–Crippen LogP) is 3.25. The number of allylic oxidation sites excluding steroid dienone is 1. The first-order chi connectivity index (χ1) is 12.6. The number of benzene rings is 2. The summed E-state index contributed by atoms with van der Waals surface area (Å²) in [7, 11) is 2.86. The number of rotatable bonds is 5. The van der Waals surface area contributed by atoms with Gasteiger partial charge in [-0.3, -0.25) is 4.79 Å². The first-order valence-corrected chi connectivity index (χ1v) is 8.32. The van der Waals surface area contributed by atoms with Gasteiger partial charge in [-0.1, -0.05) is 42.5 Å². The fourth-order valence-corrected chi connectivity index (χ4v) is 3.09. The van der Waals surface area contributed by atoms with Gasteiger partial charge in [-0.2, -0.15) is 0 Å². The predicted molar refractivity (Wildman–Crippen MR) is 95.6 cm³/mol. The van der Waals surface area contributed by atoms with Crippen LogP contribution in [-0.2, 0) is 25.5 Å². The Balaban J connectivity index is 1.98. The zero-order chi connectivity index (χ0) is 18.5. The van der Waals surface area contributed by atoms with Crippen LogP contribution in [0, 0.1) is 5.92 Å². The molecular formula is C21H20O5. The molecule has 0 radical (unpaired) electrons. The first-order valence-electron chi connectivity index (χ1n) is 8.32. The maximum Gasteiger partial charge on any atom is 0.373 e. The van der Waals surface area contributed by atoms with Gasteiger partial charge in [0.05, 0.1) is 20.1 Å². The number of hydrogen-bond donors (Lipinski definition) is 0. The zero-order valence-corrected chi connectivity index (χ0v) is 14.7. The maximum atomic E-state index is 12.6. The van der Waals surface area contributed by atoms with Gasteiger partial charge < -0.3 is 14.2 Å². The highest BCUT2D eigenvalue weighted by Gasteiger charge is 2.37. The molecule has 0 saturated heterocycles. The molecule has 1 aliphatic rings. The maximum absolute atomic E-state index is 12.6. The number of hydrogen-bond acceptors (Lipinski definition) is 5. The van der Waals surface area contributed by atoms with E-state index in [1.54, 1.807) is 13.2 Å². The van der Waals surface area contributed by atoms with Crippen LogP contribution < -0.4 is 4.74 Å². The fraction of sp³-hybridized carbons (Fsp3) is 0.238. The van der Waals surface area contributed by atoms with Crippen molar-refractivity contribution in [3.63, 3.8) is 0 Å². The van der Waals surface area contributed by atoms with E-state index >= 15 is 0 Å². The van der Waals surface area contributed by atoms with Crippen molar-refractivity contribution in [2.24, 2.45) is 5.92 Å². The van der Waals surface area contributed by atoms with Crippen molar-refractivity contribution in [1.29, 1.82) is 0 Å². The zero-order valence-electron chi connectivity index (χ0n) is 14.7. The molecule has 3 rings (SSSR count). The van der Waals surface area contributed by atoms with Gasteiger partial charge in [0.25, 0.3) is 0 Å². The summed E-state index contributed by atoms with van der Waals surface area (Å²) < 4.78 is 15.1. The molecule has 1 aliphatic heterocycles. The smallest absolute Gasteiger partial charge is 0.373 e. The molecule has 134 valence electrons. The van der Waals surface area contributed by atoms with E-state index in [9.17, 15) is 9.59 Å². The molecule has 0 aliphatic carbocycles. The van der Waals surface area contributed by atoms with E-state index in [1.807, 2.05) is 54.6 Å². The third-order valence-corrected chi connectivity index (χ3v) is 4.46. The highest BCUT2D eigenvalue weighted by atomic mass is 16.6. The molecular weight excluding hydrogens is 332 g/mol. The molecule has 0 saturated carbocycles. The van der Waals surface area contributed by atoms with Crippen molar-refractivity contribution in [3.05, 3.63) is 77.6 Å². The van der Waals surface area contributed by atoms with Gasteiger partial charge >= 0.3 is 11.9 Å². The minimum absolute atomic E-state index is 0.0670. The molecule has 2 aromatic carbocycles. The van der Waals surface area contributed by atoms with Crippen LogP contribution in [0.5, 0.6) is 5.75 Å². The van der Waals surface area contributed by atoms with Gasteiger partial charge in [0, 0.05) is 5.92 Å². The summed E-state index contributed by atoms with van der Waals surface area (Å²) in [6.45, 7) is 0. The minimum atomic E-state index is -0.657. The van der Waals surface area contributed by atoms with Crippen LogP contribution >= 0.6 is 0 Å². The number of esters is 2. The normalized spacial score (nSPS) is 19.3. The molecule has 2 atom stereocenters. The molecule has 5 heteroatoms. The second kappa shape index (κ2) is 7.87. The van der Waals surface area contributed by atoms with E-state index in [-0.39, 0.29) is 11.7 Å². The van der Waals surface area contributed by atoms with Gasteiger partial charge in [-0.05, 0) is 35.8 Å². The Morgan fingerprint density at radius 2 is 1.73 bits per heavy atom. The topological polar surface area (TPSA) is 61.8 Å². The summed E-state index contributed by atoms with van der Waals surface area (Å²) in [6, 6.07) is 17.2. The van der Waals surface area contributed by atoms with Crippen LogP contribution in [0.25, 0.3) is 0 Å². The van der Waals surface area contributed by atoms with Crippen LogP contribution in [-0.4, -0.2) is 26.2 Å². The van der Waals surface area contributed by atoms with Crippen LogP contribution in [0.1, 0.15) is 17.0 Å². The Labute approximate surface area is 152 Å². The first kappa shape index (κ1) is 17.7. The van der Waals surface area contributed by atoms with Crippen molar-refractivity contribution in [3.8, 4) is 5.75 Å². The Morgan fingerprint density at radius 1 is 1.04 bits per heavy atom. The number of carbonyl (C=O) groups excluding carboxylic acids is 2. The summed E-state index contributed by atoms with van der Waals surface area (Å²) in [4.78, 5) is 24.5. The molecule has 1 heterocycles. The van der Waals surface area contributed by atoms with Crippen molar-refractivity contribution in [1.82, 2.24) is 0 Å². The van der Waals surface area contributed by atoms with Crippen molar-refractivity contribution < 1.29 is 23.8 Å². The van der Waals surface area contributed by atoms with E-state index in [0.29, 0.717) is 6.42 Å². The molecule has 0 N–H and O–H groups in total. The largest absolute Gasteiger partial charge is 0.497 e. The van der Waals surface area contributed by atoms with Crippen LogP contribution in [0.15, 0.2) is 66.4 Å². The van der Waals surface area contributed by atoms with Gasteiger partial charge in [0.15, 0.2) is 0 Å². The second-order valence-corrected chi connectivity index (χ2v) is 6.04. The molecule has 0 unspecified atom stereocenters. The summed E-state index contributed by atoms with van der Waals surface area (Å²) in [5.74, 6) is -1.16. The molecule has 0 spiro atoms. The van der Waals surface area contributed by atoms with Crippen molar-refractivity contribution in [2.45, 2.75) is 12.3 Å². The number of ether oxygens (including phenoxy) is 3. The SMILES string of the molecule is COC(=O)C1=C[C@H](c2ccc(OC)cc2)[C@H](Cc2ccccc2)C(=O)O1. The lowest BCUT2D eigenvalue weighted by molar-refractivity contribution is -0.154. The average Bonchev–Trinajstić information content (AvgIpc) is 2.69. The van der Waals surface area contributed by atoms with E-state index < -0.39 is 17.9 Å². The number of cyclic esters (lactones) is 1. The highest BCUT2D eigenvalue weighted by Crippen LogP contribution is 2.36. The average molecular weight is 352 g/mol. The Morgan fingerprint density at radius 3 is 2.35 bits per heavy atom. The summed E-state index contributed by atoms with van der Waals surface area (Å²) in [5, 5.41) is 0. The lowest BCUT2D eigenvalue weighted by Crippen LogP contribution is -2.32. The standard InChI is InChI=1S/C21H20O5/c1-24-16-10-8-15(9-11-16)17-13-19(21(23)25-2)26-20(22)18(17)12-14-6-4-3-5-7-14/h3-11,13,17-18H,12H2,1-2H3/t17-,18+/m1/s1. The molecule has 0 bridgehead atoms. The van der Waals surface area contributed by atoms with E-state index in [4.69, 9.17) is 14.2 Å². The molecule has 0 aromatic heterocycles. The lowest BCUT2D eigenvalue weighted by atomic mass is 9.80. The highest BCUT2D eigenvalue weighted by molar-refractivity contribution is 5.92. The van der Waals surface area contributed by atoms with E-state index in [2.05, 4.69) is 0 Å². The second-order valence-electron chi connectivity index (χ2n) is 6.04. The van der Waals surface area contributed by atoms with E-state index in [1.165, 1.54) is 7.11 Å². The lowest BCUT2D eigenvalue weighted by Gasteiger charge is -2.28. The van der Waals surface area contributed by atoms with Crippen molar-refractivity contribution >= 4 is 11.9 Å². The Hall–Kier alpha value is -3.08. The fourth-order valence-electron chi connectivity index (χ4n) is 3.09. The Kier molecular flexibility index (Phi) is 5.37. The molecule has 0 fully saturated rings. The third kappa shape index (κ3) is 3.77. The monoisotopic (exact) mass is 352 g/mol. The number of methoxy groups -OCH3 is 2. The molecule has 26 heavy (non-hydrogen) atoms. The van der Waals surface area contributed by atoms with Gasteiger partial charge in [0.2, 0.25) is 5.76 Å². The molecule has 0 amide bonds. The summed E-state index contributed by atoms with van der Waals surface area (Å²) in [6.07, 6.45) is 2.18. The molecule has 5 nitrogen and oxygen atoms in total. The van der Waals surface area contributed by atoms with Crippen LogP contribution in [0.2, 0.25) is 0 Å². The quantitative estimate of drug-likeness (QED) is 0.773. The minimum Gasteiger partial charge on any atom is -0.497 e. The van der Waals surface area contributed by atoms with Gasteiger partial charge in [-0.25, -0.2) is 4.79 Å². The van der Waals surface area contributed by atoms with Gasteiger partial charge in [-0.15, -0.1) is 0 Å². The van der Waals surface area contributed by atoms with Crippen LogP contribution in [0.4, 0.5) is 0 Å². The number of carbonyl (C=O) groups is 2. The summed E-state index contributed by atoms with van der Waals surface area (Å²) >= 11 is 0. The molecule has 2 aromatic rings. The van der Waals surface area contributed by atoms with Gasteiger partial charge in [0.1, 0.15) is 5.75 Å². The Bertz CT molecular complexity index is 808. The van der Waals surface area contributed by atoms with Crippen molar-refractivity contribution in [2.75, 3.05) is 14.2 Å².